The number of nitrogens with one attached hydrogen (secondary N) is 2. The molecule has 1 atom stereocenters. The Labute approximate surface area is 92.5 Å². The number of carboxylic acids is 1. The summed E-state index contributed by atoms with van der Waals surface area (Å²) in [6.45, 7) is 1.67. The molecule has 0 aliphatic carbocycles. The Morgan fingerprint density at radius 3 is 3.00 bits per heavy atom. The van der Waals surface area contributed by atoms with E-state index in [-0.39, 0.29) is 0 Å². The number of carbonyl (C=O) groups is 1. The van der Waals surface area contributed by atoms with Crippen molar-refractivity contribution >= 4 is 5.97 Å². The molecular formula is C11H13N3O2. The minimum Gasteiger partial charge on any atom is -0.481 e. The molecule has 2 aromatic rings. The van der Waals surface area contributed by atoms with Crippen molar-refractivity contribution in [3.8, 4) is 11.4 Å². The molecular weight excluding hydrogens is 206 g/mol. The number of rotatable bonds is 4. The summed E-state index contributed by atoms with van der Waals surface area (Å²) in [5.41, 5.74) is 1.82. The van der Waals surface area contributed by atoms with Crippen molar-refractivity contribution in [1.82, 2.24) is 15.0 Å². The topological polar surface area (TPSA) is 81.8 Å². The second-order valence-corrected chi connectivity index (χ2v) is 3.77. The number of hydrogen-bond acceptors (Lipinski definition) is 2. The number of carboxylic acid groups (broad SMARTS) is 1. The Morgan fingerprint density at radius 1 is 1.56 bits per heavy atom. The number of aromatic nitrogens is 3. The van der Waals surface area contributed by atoms with Gasteiger partial charge >= 0.3 is 5.97 Å². The van der Waals surface area contributed by atoms with E-state index in [1.54, 1.807) is 13.1 Å². The van der Waals surface area contributed by atoms with Gasteiger partial charge in [-0.2, -0.15) is 0 Å². The fourth-order valence-corrected chi connectivity index (χ4v) is 1.48. The van der Waals surface area contributed by atoms with Crippen LogP contribution in [-0.2, 0) is 11.2 Å². The highest BCUT2D eigenvalue weighted by molar-refractivity contribution is 5.69. The van der Waals surface area contributed by atoms with Crippen molar-refractivity contribution < 1.29 is 9.90 Å². The van der Waals surface area contributed by atoms with Gasteiger partial charge in [-0.15, -0.1) is 0 Å². The number of nitrogens with zero attached hydrogens (tertiary/aromatic N) is 1. The molecule has 5 heteroatoms. The van der Waals surface area contributed by atoms with E-state index in [4.69, 9.17) is 5.11 Å². The first-order valence-electron chi connectivity index (χ1n) is 5.07. The van der Waals surface area contributed by atoms with Crippen molar-refractivity contribution in [3.05, 3.63) is 30.4 Å². The monoisotopic (exact) mass is 219 g/mol. The van der Waals surface area contributed by atoms with Gasteiger partial charge in [-0.3, -0.25) is 4.79 Å². The first-order chi connectivity index (χ1) is 7.66. The van der Waals surface area contributed by atoms with Crippen LogP contribution in [0.3, 0.4) is 0 Å². The number of aliphatic carboxylic acids is 1. The first-order valence-corrected chi connectivity index (χ1v) is 5.07. The Hall–Kier alpha value is -2.04. The van der Waals surface area contributed by atoms with E-state index >= 15 is 0 Å². The van der Waals surface area contributed by atoms with Crippen LogP contribution in [0, 0.1) is 5.92 Å². The third-order valence-corrected chi connectivity index (χ3v) is 2.44. The summed E-state index contributed by atoms with van der Waals surface area (Å²) in [5, 5.41) is 8.79. The summed E-state index contributed by atoms with van der Waals surface area (Å²) in [4.78, 5) is 21.0. The summed E-state index contributed by atoms with van der Waals surface area (Å²) in [5.74, 6) is -0.542. The van der Waals surface area contributed by atoms with Gasteiger partial charge in [0.05, 0.1) is 23.5 Å². The molecule has 0 aliphatic rings. The standard InChI is InChI=1S/C11H13N3O2/c1-7(11(15)16)5-10-13-6-9(14-10)8-3-2-4-12-8/h2-4,6-7,12H,5H2,1H3,(H,13,14)(H,15,16). The molecule has 16 heavy (non-hydrogen) atoms. The van der Waals surface area contributed by atoms with Crippen LogP contribution in [0.15, 0.2) is 24.5 Å². The molecule has 0 fully saturated rings. The minimum atomic E-state index is -0.808. The van der Waals surface area contributed by atoms with Gasteiger partial charge in [0.15, 0.2) is 0 Å². The molecule has 0 radical (unpaired) electrons. The summed E-state index contributed by atoms with van der Waals surface area (Å²) in [7, 11) is 0. The van der Waals surface area contributed by atoms with Gasteiger partial charge in [-0.25, -0.2) is 4.98 Å². The largest absolute Gasteiger partial charge is 0.481 e. The van der Waals surface area contributed by atoms with Gasteiger partial charge in [0, 0.05) is 12.6 Å². The normalized spacial score (nSPS) is 12.6. The molecule has 0 bridgehead atoms. The van der Waals surface area contributed by atoms with E-state index in [0.717, 1.165) is 11.4 Å². The molecule has 2 rings (SSSR count). The zero-order valence-electron chi connectivity index (χ0n) is 8.90. The van der Waals surface area contributed by atoms with Crippen LogP contribution >= 0.6 is 0 Å². The smallest absolute Gasteiger partial charge is 0.306 e. The van der Waals surface area contributed by atoms with E-state index < -0.39 is 11.9 Å². The average molecular weight is 219 g/mol. The lowest BCUT2D eigenvalue weighted by Gasteiger charge is -2.01. The molecule has 0 spiro atoms. The van der Waals surface area contributed by atoms with E-state index in [9.17, 15) is 4.79 Å². The maximum absolute atomic E-state index is 10.7. The Morgan fingerprint density at radius 2 is 2.38 bits per heavy atom. The molecule has 1 unspecified atom stereocenters. The molecule has 3 N–H and O–H groups in total. The Balaban J connectivity index is 2.11. The summed E-state index contributed by atoms with van der Waals surface area (Å²) >= 11 is 0. The van der Waals surface area contributed by atoms with Crippen LogP contribution in [0.4, 0.5) is 0 Å². The summed E-state index contributed by atoms with van der Waals surface area (Å²) in [6.07, 6.45) is 3.95. The molecule has 2 heterocycles. The fraction of sp³-hybridized carbons (Fsp3) is 0.273. The summed E-state index contributed by atoms with van der Waals surface area (Å²) < 4.78 is 0. The predicted octanol–water partition coefficient (Wildman–Crippen LogP) is 1.67. The SMILES string of the molecule is CC(Cc1ncc(-c2ccc[nH]2)[nH]1)C(=O)O. The maximum Gasteiger partial charge on any atom is 0.306 e. The maximum atomic E-state index is 10.7. The number of imidazole rings is 1. The third kappa shape index (κ3) is 2.13. The van der Waals surface area contributed by atoms with Crippen LogP contribution in [-0.4, -0.2) is 26.0 Å². The lowest BCUT2D eigenvalue weighted by molar-refractivity contribution is -0.141. The minimum absolute atomic E-state index is 0.413. The second-order valence-electron chi connectivity index (χ2n) is 3.77. The first kappa shape index (κ1) is 10.5. The van der Waals surface area contributed by atoms with E-state index in [1.165, 1.54) is 0 Å². The van der Waals surface area contributed by atoms with E-state index in [2.05, 4.69) is 15.0 Å². The van der Waals surface area contributed by atoms with Crippen molar-refractivity contribution in [3.63, 3.8) is 0 Å². The zero-order valence-corrected chi connectivity index (χ0v) is 8.90. The average Bonchev–Trinajstić information content (AvgIpc) is 2.85. The van der Waals surface area contributed by atoms with Gasteiger partial charge in [-0.05, 0) is 12.1 Å². The zero-order chi connectivity index (χ0) is 11.5. The Kier molecular flexibility index (Phi) is 2.76. The van der Waals surface area contributed by atoms with Crippen LogP contribution < -0.4 is 0 Å². The van der Waals surface area contributed by atoms with Crippen molar-refractivity contribution in [2.45, 2.75) is 13.3 Å². The van der Waals surface area contributed by atoms with Gasteiger partial charge in [0.25, 0.3) is 0 Å². The highest BCUT2D eigenvalue weighted by atomic mass is 16.4. The molecule has 0 saturated heterocycles. The van der Waals surface area contributed by atoms with Crippen LogP contribution in [0.5, 0.6) is 0 Å². The van der Waals surface area contributed by atoms with Gasteiger partial charge in [0.1, 0.15) is 5.82 Å². The van der Waals surface area contributed by atoms with Crippen molar-refractivity contribution in [1.29, 1.82) is 0 Å². The molecule has 0 aliphatic heterocycles. The van der Waals surface area contributed by atoms with Gasteiger partial charge < -0.3 is 15.1 Å². The quantitative estimate of drug-likeness (QED) is 0.731. The molecule has 5 nitrogen and oxygen atoms in total. The van der Waals surface area contributed by atoms with E-state index in [1.807, 2.05) is 18.3 Å². The highest BCUT2D eigenvalue weighted by Gasteiger charge is 2.14. The molecule has 0 saturated carbocycles. The van der Waals surface area contributed by atoms with Gasteiger partial charge in [0.2, 0.25) is 0 Å². The number of hydrogen-bond donors (Lipinski definition) is 3. The third-order valence-electron chi connectivity index (χ3n) is 2.44. The molecule has 84 valence electrons. The molecule has 2 aromatic heterocycles. The predicted molar refractivity (Wildman–Crippen MR) is 58.9 cm³/mol. The van der Waals surface area contributed by atoms with Crippen LogP contribution in [0.1, 0.15) is 12.7 Å². The van der Waals surface area contributed by atoms with Crippen LogP contribution in [0.2, 0.25) is 0 Å². The molecule has 0 amide bonds. The fourth-order valence-electron chi connectivity index (χ4n) is 1.48. The number of aromatic amines is 2. The lowest BCUT2D eigenvalue weighted by atomic mass is 10.1. The Bertz CT molecular complexity index is 473. The van der Waals surface area contributed by atoms with Crippen molar-refractivity contribution in [2.24, 2.45) is 5.92 Å². The van der Waals surface area contributed by atoms with Crippen LogP contribution in [0.25, 0.3) is 11.4 Å². The summed E-state index contributed by atoms with van der Waals surface area (Å²) in [6, 6.07) is 3.83. The van der Waals surface area contributed by atoms with Gasteiger partial charge in [-0.1, -0.05) is 6.92 Å². The van der Waals surface area contributed by atoms with E-state index in [0.29, 0.717) is 12.2 Å². The van der Waals surface area contributed by atoms with Crippen molar-refractivity contribution in [2.75, 3.05) is 0 Å². The highest BCUT2D eigenvalue weighted by Crippen LogP contribution is 2.15. The molecule has 0 aromatic carbocycles. The lowest BCUT2D eigenvalue weighted by Crippen LogP contribution is -2.12. The number of H-pyrrole nitrogens is 2. The second kappa shape index (κ2) is 4.22.